The van der Waals surface area contributed by atoms with E-state index in [-0.39, 0.29) is 23.2 Å². The van der Waals surface area contributed by atoms with Gasteiger partial charge in [0.25, 0.3) is 0 Å². The lowest BCUT2D eigenvalue weighted by molar-refractivity contribution is -0.161. The molecule has 0 bridgehead atoms. The number of carbonyl (C=O) groups is 1. The number of benzene rings is 3. The van der Waals surface area contributed by atoms with Gasteiger partial charge >= 0.3 is 5.97 Å². The van der Waals surface area contributed by atoms with Crippen LogP contribution in [0.3, 0.4) is 0 Å². The molecular weight excluding hydrogens is 512 g/mol. The van der Waals surface area contributed by atoms with Crippen LogP contribution >= 0.6 is 0 Å². The molecule has 0 amide bonds. The molecule has 0 heterocycles. The van der Waals surface area contributed by atoms with E-state index in [1.54, 1.807) is 14.2 Å². The van der Waals surface area contributed by atoms with E-state index in [9.17, 15) is 4.79 Å². The highest BCUT2D eigenvalue weighted by atomic mass is 16.5. The Morgan fingerprint density at radius 1 is 0.878 bits per heavy atom. The normalized spacial score (nSPS) is 23.3. The van der Waals surface area contributed by atoms with Gasteiger partial charge in [-0.25, -0.2) is 0 Å². The minimum Gasteiger partial charge on any atom is -0.497 e. The van der Waals surface area contributed by atoms with Crippen molar-refractivity contribution in [3.63, 3.8) is 0 Å². The predicted octanol–water partition coefficient (Wildman–Crippen LogP) is 8.50. The Morgan fingerprint density at radius 2 is 1.46 bits per heavy atom. The number of anilines is 4. The quantitative estimate of drug-likeness (QED) is 0.271. The van der Waals surface area contributed by atoms with Crippen molar-refractivity contribution in [2.45, 2.75) is 71.1 Å². The van der Waals surface area contributed by atoms with Crippen LogP contribution in [-0.2, 0) is 21.4 Å². The Kier molecular flexibility index (Phi) is 7.95. The summed E-state index contributed by atoms with van der Waals surface area (Å²) in [7, 11) is 4.90. The Hall–Kier alpha value is -3.67. The molecule has 0 unspecified atom stereocenters. The average molecular weight is 557 g/mol. The van der Waals surface area contributed by atoms with Gasteiger partial charge in [-0.2, -0.15) is 0 Å². The molecule has 3 atom stereocenters. The van der Waals surface area contributed by atoms with Crippen molar-refractivity contribution in [3.8, 4) is 11.5 Å². The van der Waals surface area contributed by atoms with Crippen molar-refractivity contribution >= 4 is 28.7 Å². The Balaban J connectivity index is 1.69. The van der Waals surface area contributed by atoms with Crippen LogP contribution in [-0.4, -0.2) is 27.3 Å². The largest absolute Gasteiger partial charge is 0.497 e. The summed E-state index contributed by atoms with van der Waals surface area (Å²) < 4.78 is 16.2. The first-order valence-electron chi connectivity index (χ1n) is 14.8. The molecule has 5 rings (SSSR count). The molecule has 0 saturated heterocycles. The van der Waals surface area contributed by atoms with E-state index in [0.717, 1.165) is 60.7 Å². The topological polar surface area (TPSA) is 68.8 Å². The van der Waals surface area contributed by atoms with Crippen LogP contribution in [0.15, 0.2) is 54.6 Å². The second kappa shape index (κ2) is 11.3. The maximum Gasteiger partial charge on any atom is 0.311 e. The van der Waals surface area contributed by atoms with Crippen LogP contribution in [0.25, 0.3) is 0 Å². The van der Waals surface area contributed by atoms with E-state index in [0.29, 0.717) is 0 Å². The summed E-state index contributed by atoms with van der Waals surface area (Å²) >= 11 is 0. The van der Waals surface area contributed by atoms with Gasteiger partial charge in [0.05, 0.1) is 26.7 Å². The molecule has 2 aliphatic carbocycles. The van der Waals surface area contributed by atoms with Crippen molar-refractivity contribution in [3.05, 3.63) is 71.3 Å². The van der Waals surface area contributed by atoms with Gasteiger partial charge in [-0.05, 0) is 116 Å². The zero-order valence-electron chi connectivity index (χ0n) is 25.5. The molecule has 3 aromatic rings. The fourth-order valence-electron chi connectivity index (χ4n) is 7.60. The van der Waals surface area contributed by atoms with Gasteiger partial charge in [-0.15, -0.1) is 0 Å². The van der Waals surface area contributed by atoms with Gasteiger partial charge < -0.3 is 24.8 Å². The molecule has 1 saturated carbocycles. The zero-order valence-corrected chi connectivity index (χ0v) is 25.5. The molecule has 0 aliphatic heterocycles. The molecule has 2 N–H and O–H groups in total. The molecule has 218 valence electrons. The van der Waals surface area contributed by atoms with Crippen LogP contribution in [0.1, 0.15) is 76.0 Å². The van der Waals surface area contributed by atoms with E-state index >= 15 is 0 Å². The number of rotatable bonds is 8. The molecule has 0 radical (unpaired) electrons. The van der Waals surface area contributed by atoms with Crippen LogP contribution in [0.5, 0.6) is 11.5 Å². The fourth-order valence-corrected chi connectivity index (χ4v) is 7.60. The van der Waals surface area contributed by atoms with Crippen LogP contribution in [0, 0.1) is 11.3 Å². The number of methoxy groups -OCH3 is 3. The van der Waals surface area contributed by atoms with Gasteiger partial charge in [-0.3, -0.25) is 4.79 Å². The molecule has 41 heavy (non-hydrogen) atoms. The highest BCUT2D eigenvalue weighted by Crippen LogP contribution is 2.60. The van der Waals surface area contributed by atoms with Crippen molar-refractivity contribution in [1.29, 1.82) is 0 Å². The summed E-state index contributed by atoms with van der Waals surface area (Å²) in [4.78, 5) is 13.2. The SMILES string of the molecule is COC(=O)[C@]1(C)CCC[C@]2(C)c3cc(Nc4ccc(OC)cc4)c(C(C)C)c(Nc4ccc(OC)cc4)c3CC[C@@H]12. The number of ether oxygens (including phenoxy) is 3. The van der Waals surface area contributed by atoms with Gasteiger partial charge in [0, 0.05) is 28.3 Å². The Bertz CT molecular complexity index is 1400. The standard InChI is InChI=1S/C35H44N2O4/c1-22(2)31-29(36-23-9-13-25(39-5)14-10-23)21-28-27(32(31)37-24-11-15-26(40-6)16-12-24)17-18-30-34(28,3)19-8-20-35(30,4)33(38)41-7/h9-16,21-22,30,36-37H,8,17-20H2,1-7H3/t30-,34-,35-/m1/s1. The number of carbonyl (C=O) groups excluding carboxylic acids is 1. The number of hydrogen-bond acceptors (Lipinski definition) is 6. The van der Waals surface area contributed by atoms with E-state index < -0.39 is 5.41 Å². The van der Waals surface area contributed by atoms with Crippen molar-refractivity contribution in [2.24, 2.45) is 11.3 Å². The third-order valence-electron chi connectivity index (χ3n) is 9.66. The summed E-state index contributed by atoms with van der Waals surface area (Å²) in [5.74, 6) is 2.04. The summed E-state index contributed by atoms with van der Waals surface area (Å²) in [6, 6.07) is 18.6. The van der Waals surface area contributed by atoms with E-state index in [4.69, 9.17) is 14.2 Å². The first-order chi connectivity index (χ1) is 19.6. The van der Waals surface area contributed by atoms with Crippen molar-refractivity contribution in [2.75, 3.05) is 32.0 Å². The first-order valence-corrected chi connectivity index (χ1v) is 14.8. The molecule has 6 nitrogen and oxygen atoms in total. The summed E-state index contributed by atoms with van der Waals surface area (Å²) in [5.41, 5.74) is 7.58. The van der Waals surface area contributed by atoms with Gasteiger partial charge in [0.15, 0.2) is 0 Å². The van der Waals surface area contributed by atoms with Crippen LogP contribution in [0.4, 0.5) is 22.7 Å². The van der Waals surface area contributed by atoms with Gasteiger partial charge in [0.1, 0.15) is 11.5 Å². The molecule has 3 aromatic carbocycles. The molecule has 6 heteroatoms. The molecule has 1 fully saturated rings. The maximum absolute atomic E-state index is 13.2. The van der Waals surface area contributed by atoms with Crippen LogP contribution < -0.4 is 20.1 Å². The van der Waals surface area contributed by atoms with Crippen LogP contribution in [0.2, 0.25) is 0 Å². The summed E-state index contributed by atoms with van der Waals surface area (Å²) in [6.45, 7) is 9.01. The minimum atomic E-state index is -0.497. The zero-order chi connectivity index (χ0) is 29.4. The third kappa shape index (κ3) is 5.13. The fraction of sp³-hybridized carbons (Fsp3) is 0.457. The lowest BCUT2D eigenvalue weighted by Gasteiger charge is -2.54. The Morgan fingerprint density at radius 3 is 2.00 bits per heavy atom. The molecular formula is C35H44N2O4. The van der Waals surface area contributed by atoms with Gasteiger partial charge in [0.2, 0.25) is 0 Å². The average Bonchev–Trinajstić information content (AvgIpc) is 2.97. The third-order valence-corrected chi connectivity index (χ3v) is 9.66. The van der Waals surface area contributed by atoms with Crippen molar-refractivity contribution < 1.29 is 19.0 Å². The maximum atomic E-state index is 13.2. The van der Waals surface area contributed by atoms with E-state index in [1.165, 1.54) is 29.5 Å². The molecule has 2 aliphatic rings. The van der Waals surface area contributed by atoms with Crippen molar-refractivity contribution in [1.82, 2.24) is 0 Å². The Labute approximate surface area is 244 Å². The highest BCUT2D eigenvalue weighted by Gasteiger charge is 2.56. The van der Waals surface area contributed by atoms with E-state index in [2.05, 4.69) is 68.7 Å². The van der Waals surface area contributed by atoms with Gasteiger partial charge in [-0.1, -0.05) is 27.2 Å². The molecule has 0 spiro atoms. The second-order valence-corrected chi connectivity index (χ2v) is 12.4. The highest BCUT2D eigenvalue weighted by molar-refractivity contribution is 5.82. The number of hydrogen-bond donors (Lipinski definition) is 2. The predicted molar refractivity (Wildman–Crippen MR) is 166 cm³/mol. The summed E-state index contributed by atoms with van der Waals surface area (Å²) in [6.07, 6.45) is 4.76. The van der Waals surface area contributed by atoms with E-state index in [1.807, 2.05) is 24.3 Å². The number of esters is 1. The minimum absolute atomic E-state index is 0.0798. The summed E-state index contributed by atoms with van der Waals surface area (Å²) in [5, 5.41) is 7.60. The monoisotopic (exact) mass is 556 g/mol. The lowest BCUT2D eigenvalue weighted by atomic mass is 9.49. The molecule has 0 aromatic heterocycles. The lowest BCUT2D eigenvalue weighted by Crippen LogP contribution is -2.52. The second-order valence-electron chi connectivity index (χ2n) is 12.4. The first kappa shape index (κ1) is 28.8. The smallest absolute Gasteiger partial charge is 0.311 e. The number of nitrogens with one attached hydrogen (secondary N) is 2. The number of fused-ring (bicyclic) bond motifs is 3.